The van der Waals surface area contributed by atoms with Gasteiger partial charge in [0.2, 0.25) is 0 Å². The third-order valence-electron chi connectivity index (χ3n) is 4.34. The first-order chi connectivity index (χ1) is 14.6. The summed E-state index contributed by atoms with van der Waals surface area (Å²) in [6.45, 7) is 9.26. The van der Waals surface area contributed by atoms with E-state index in [9.17, 15) is 9.59 Å². The summed E-state index contributed by atoms with van der Waals surface area (Å²) in [5, 5.41) is 21.8. The number of hydrogen-bond donors (Lipinski definition) is 3. The number of benzene rings is 2. The fourth-order valence-corrected chi connectivity index (χ4v) is 3.02. The Hall–Kier alpha value is -3.51. The van der Waals surface area contributed by atoms with Crippen LogP contribution in [-0.2, 0) is 0 Å². The highest BCUT2D eigenvalue weighted by Gasteiger charge is 2.30. The molecule has 9 heteroatoms. The lowest BCUT2D eigenvalue weighted by molar-refractivity contribution is 0.0358. The van der Waals surface area contributed by atoms with Crippen molar-refractivity contribution in [2.45, 2.75) is 40.2 Å². The van der Waals surface area contributed by atoms with Crippen molar-refractivity contribution in [3.8, 4) is 11.8 Å². The van der Waals surface area contributed by atoms with Gasteiger partial charge in [0, 0.05) is 11.1 Å². The van der Waals surface area contributed by atoms with Gasteiger partial charge >= 0.3 is 7.69 Å². The van der Waals surface area contributed by atoms with Gasteiger partial charge in [-0.15, -0.1) is 0 Å². The molecule has 31 heavy (non-hydrogen) atoms. The van der Waals surface area contributed by atoms with Crippen LogP contribution in [0.5, 0.6) is 5.75 Å². The molecular formula is C22H26BN4O4. The smallest absolute Gasteiger partial charge is 0.536 e. The molecule has 2 amide bonds. The molecule has 0 aromatic heterocycles. The molecule has 161 valence electrons. The van der Waals surface area contributed by atoms with Crippen molar-refractivity contribution < 1.29 is 19.3 Å². The van der Waals surface area contributed by atoms with Crippen LogP contribution in [0.3, 0.4) is 0 Å². The Kier molecular flexibility index (Phi) is 7.67. The second kappa shape index (κ2) is 10.0. The van der Waals surface area contributed by atoms with Gasteiger partial charge in [0.1, 0.15) is 12.3 Å². The topological polar surface area (TPSA) is 115 Å². The van der Waals surface area contributed by atoms with E-state index < -0.39 is 11.4 Å². The second-order valence-corrected chi connectivity index (χ2v) is 8.07. The van der Waals surface area contributed by atoms with Crippen molar-refractivity contribution in [2.24, 2.45) is 0 Å². The molecule has 0 bridgehead atoms. The molecule has 2 aromatic rings. The van der Waals surface area contributed by atoms with Crippen LogP contribution >= 0.6 is 0 Å². The standard InChI is InChI=1S/C22H26BN4O4/c1-14-10-15(2)12-17(11-14)21(29)27(22(3,4)5)26-20(28)16-6-7-19(31-23-30)18(13-16)25-9-8-24/h6-7,10-13,25,30H,9H2,1-5H3,(H,26,28). The van der Waals surface area contributed by atoms with E-state index in [1.165, 1.54) is 23.2 Å². The second-order valence-electron chi connectivity index (χ2n) is 8.07. The van der Waals surface area contributed by atoms with Crippen molar-refractivity contribution in [2.75, 3.05) is 11.9 Å². The zero-order valence-corrected chi connectivity index (χ0v) is 18.3. The lowest BCUT2D eigenvalue weighted by Gasteiger charge is -2.35. The molecule has 2 aromatic carbocycles. The summed E-state index contributed by atoms with van der Waals surface area (Å²) in [4.78, 5) is 26.2. The lowest BCUT2D eigenvalue weighted by Crippen LogP contribution is -2.55. The molecule has 0 heterocycles. The van der Waals surface area contributed by atoms with Crippen LogP contribution in [0.25, 0.3) is 0 Å². The Bertz CT molecular complexity index is 991. The van der Waals surface area contributed by atoms with Crippen molar-refractivity contribution in [1.82, 2.24) is 10.4 Å². The number of hydrazine groups is 1. The molecule has 2 rings (SSSR count). The van der Waals surface area contributed by atoms with Gasteiger partial charge in [-0.3, -0.25) is 15.0 Å². The number of hydrogen-bond acceptors (Lipinski definition) is 6. The summed E-state index contributed by atoms with van der Waals surface area (Å²) >= 11 is 0. The molecule has 0 aliphatic carbocycles. The Morgan fingerprint density at radius 2 is 1.77 bits per heavy atom. The molecule has 3 N–H and O–H groups in total. The van der Waals surface area contributed by atoms with Crippen LogP contribution in [0.4, 0.5) is 5.69 Å². The maximum Gasteiger partial charge on any atom is 0.569 e. The van der Waals surface area contributed by atoms with Crippen LogP contribution in [-0.4, -0.2) is 41.6 Å². The summed E-state index contributed by atoms with van der Waals surface area (Å²) in [7, 11) is 0.510. The van der Waals surface area contributed by atoms with E-state index in [1.54, 1.807) is 12.1 Å². The molecule has 1 radical (unpaired) electrons. The minimum absolute atomic E-state index is 0.0217. The van der Waals surface area contributed by atoms with Gasteiger partial charge in [-0.05, 0) is 65.0 Å². The zero-order valence-electron chi connectivity index (χ0n) is 18.3. The Morgan fingerprint density at radius 3 is 2.32 bits per heavy atom. The van der Waals surface area contributed by atoms with Gasteiger partial charge in [-0.2, -0.15) is 5.26 Å². The van der Waals surface area contributed by atoms with Crippen LogP contribution in [0.15, 0.2) is 36.4 Å². The summed E-state index contributed by atoms with van der Waals surface area (Å²) in [5.74, 6) is -0.592. The van der Waals surface area contributed by atoms with Crippen molar-refractivity contribution in [3.63, 3.8) is 0 Å². The molecule has 0 aliphatic heterocycles. The fourth-order valence-electron chi connectivity index (χ4n) is 3.02. The van der Waals surface area contributed by atoms with E-state index in [-0.39, 0.29) is 23.8 Å². The Labute approximate surface area is 183 Å². The van der Waals surface area contributed by atoms with Gasteiger partial charge in [-0.25, -0.2) is 5.01 Å². The molecule has 0 aliphatic rings. The number of amides is 2. The Morgan fingerprint density at radius 1 is 1.13 bits per heavy atom. The summed E-state index contributed by atoms with van der Waals surface area (Å²) in [6, 6.07) is 11.9. The SMILES string of the molecule is Cc1cc(C)cc(C(=O)N(NC(=O)c2ccc(O[B]O)c(NCC#N)c2)C(C)(C)C)c1. The van der Waals surface area contributed by atoms with Crippen LogP contribution in [0, 0.1) is 25.2 Å². The molecule has 0 saturated heterocycles. The third-order valence-corrected chi connectivity index (χ3v) is 4.34. The summed E-state index contributed by atoms with van der Waals surface area (Å²) < 4.78 is 4.98. The molecule has 8 nitrogen and oxygen atoms in total. The predicted octanol–water partition coefficient (Wildman–Crippen LogP) is 2.73. The van der Waals surface area contributed by atoms with E-state index in [1.807, 2.05) is 46.8 Å². The monoisotopic (exact) mass is 421 g/mol. The molecular weight excluding hydrogens is 395 g/mol. The number of anilines is 1. The number of aryl methyl sites for hydroxylation is 2. The number of carbonyl (C=O) groups is 2. The molecule has 0 unspecified atom stereocenters. The van der Waals surface area contributed by atoms with Gasteiger partial charge in [-0.1, -0.05) is 17.2 Å². The van der Waals surface area contributed by atoms with E-state index in [4.69, 9.17) is 14.9 Å². The largest absolute Gasteiger partial charge is 0.569 e. The normalized spacial score (nSPS) is 10.6. The minimum Gasteiger partial charge on any atom is -0.536 e. The molecule has 0 saturated carbocycles. The van der Waals surface area contributed by atoms with Gasteiger partial charge < -0.3 is 15.0 Å². The number of nitriles is 1. The zero-order chi connectivity index (χ0) is 23.2. The number of nitrogens with zero attached hydrogens (tertiary/aromatic N) is 2. The van der Waals surface area contributed by atoms with Gasteiger partial charge in [0.25, 0.3) is 11.8 Å². The first-order valence-electron chi connectivity index (χ1n) is 9.68. The molecule has 0 spiro atoms. The third kappa shape index (κ3) is 6.23. The first kappa shape index (κ1) is 23.8. The molecule has 0 atom stereocenters. The highest BCUT2D eigenvalue weighted by Crippen LogP contribution is 2.26. The highest BCUT2D eigenvalue weighted by molar-refractivity contribution is 6.17. The quantitative estimate of drug-likeness (QED) is 0.375. The van der Waals surface area contributed by atoms with E-state index in [0.717, 1.165) is 11.1 Å². The fraction of sp³-hybridized carbons (Fsp3) is 0.318. The average Bonchev–Trinajstić information content (AvgIpc) is 2.69. The summed E-state index contributed by atoms with van der Waals surface area (Å²) in [6.07, 6.45) is 0. The molecule has 0 fully saturated rings. The maximum absolute atomic E-state index is 13.2. The highest BCUT2D eigenvalue weighted by atomic mass is 16.5. The van der Waals surface area contributed by atoms with E-state index in [0.29, 0.717) is 18.9 Å². The van der Waals surface area contributed by atoms with E-state index >= 15 is 0 Å². The van der Waals surface area contributed by atoms with Crippen molar-refractivity contribution >= 4 is 25.2 Å². The number of carbonyl (C=O) groups excluding carboxylic acids is 2. The number of nitrogens with one attached hydrogen (secondary N) is 2. The van der Waals surface area contributed by atoms with Gasteiger partial charge in [0.05, 0.1) is 17.3 Å². The van der Waals surface area contributed by atoms with Crippen LogP contribution < -0.4 is 15.4 Å². The minimum atomic E-state index is -0.693. The maximum atomic E-state index is 13.2. The van der Waals surface area contributed by atoms with Gasteiger partial charge in [0.15, 0.2) is 0 Å². The lowest BCUT2D eigenvalue weighted by atomic mass is 10.0. The Balaban J connectivity index is 2.34. The summed E-state index contributed by atoms with van der Waals surface area (Å²) in [5.41, 5.74) is 4.98. The average molecular weight is 421 g/mol. The van der Waals surface area contributed by atoms with E-state index in [2.05, 4.69) is 10.7 Å². The van der Waals surface area contributed by atoms with Crippen LogP contribution in [0.1, 0.15) is 52.6 Å². The van der Waals surface area contributed by atoms with Crippen molar-refractivity contribution in [1.29, 1.82) is 5.26 Å². The predicted molar refractivity (Wildman–Crippen MR) is 118 cm³/mol. The first-order valence-corrected chi connectivity index (χ1v) is 9.68. The number of rotatable bonds is 6. The van der Waals surface area contributed by atoms with Crippen molar-refractivity contribution in [3.05, 3.63) is 58.7 Å². The van der Waals surface area contributed by atoms with Crippen LogP contribution in [0.2, 0.25) is 0 Å².